The SMILES string of the molecule is CCNC(=O)[C@H](C)N(Cc1cccc(Cl)c1)C(=O)CN(c1ccc(OC)c(Cl)c1)S(C)(=O)=O. The van der Waals surface area contributed by atoms with Gasteiger partial charge in [0.2, 0.25) is 21.8 Å². The highest BCUT2D eigenvalue weighted by molar-refractivity contribution is 7.92. The number of methoxy groups -OCH3 is 1. The first-order chi connectivity index (χ1) is 15.5. The van der Waals surface area contributed by atoms with Crippen molar-refractivity contribution < 1.29 is 22.7 Å². The van der Waals surface area contributed by atoms with Crippen molar-refractivity contribution in [1.82, 2.24) is 10.2 Å². The molecule has 8 nitrogen and oxygen atoms in total. The highest BCUT2D eigenvalue weighted by Gasteiger charge is 2.30. The first-order valence-corrected chi connectivity index (χ1v) is 12.7. The molecule has 0 spiro atoms. The zero-order valence-corrected chi connectivity index (χ0v) is 21.2. The van der Waals surface area contributed by atoms with Crippen LogP contribution in [0, 0.1) is 0 Å². The minimum absolute atomic E-state index is 0.0681. The van der Waals surface area contributed by atoms with Gasteiger partial charge in [-0.2, -0.15) is 0 Å². The second kappa shape index (κ2) is 11.6. The van der Waals surface area contributed by atoms with Crippen LogP contribution in [0.3, 0.4) is 0 Å². The zero-order chi connectivity index (χ0) is 24.8. The monoisotopic (exact) mass is 515 g/mol. The molecule has 0 aliphatic heterocycles. The first-order valence-electron chi connectivity index (χ1n) is 10.1. The first kappa shape index (κ1) is 26.8. The summed E-state index contributed by atoms with van der Waals surface area (Å²) in [4.78, 5) is 27.2. The number of halogens is 2. The molecule has 2 aromatic rings. The Morgan fingerprint density at radius 2 is 1.85 bits per heavy atom. The maximum atomic E-state index is 13.4. The fourth-order valence-electron chi connectivity index (χ4n) is 3.16. The number of rotatable bonds is 10. The third-order valence-corrected chi connectivity index (χ3v) is 6.53. The summed E-state index contributed by atoms with van der Waals surface area (Å²) in [6.07, 6.45) is 0.993. The van der Waals surface area contributed by atoms with Gasteiger partial charge >= 0.3 is 0 Å². The molecule has 0 aliphatic carbocycles. The summed E-state index contributed by atoms with van der Waals surface area (Å²) in [7, 11) is -2.41. The number of amides is 2. The number of nitrogens with zero attached hydrogens (tertiary/aromatic N) is 2. The van der Waals surface area contributed by atoms with E-state index in [1.807, 2.05) is 0 Å². The Hall–Kier alpha value is -2.49. The van der Waals surface area contributed by atoms with Crippen LogP contribution in [0.5, 0.6) is 5.75 Å². The molecule has 2 aromatic carbocycles. The van der Waals surface area contributed by atoms with Crippen LogP contribution in [0.1, 0.15) is 19.4 Å². The number of benzene rings is 2. The zero-order valence-electron chi connectivity index (χ0n) is 18.8. The predicted molar refractivity (Wildman–Crippen MR) is 130 cm³/mol. The van der Waals surface area contributed by atoms with E-state index in [1.54, 1.807) is 38.1 Å². The largest absolute Gasteiger partial charge is 0.495 e. The Labute approximate surface area is 204 Å². The molecule has 0 heterocycles. The minimum Gasteiger partial charge on any atom is -0.495 e. The maximum absolute atomic E-state index is 13.4. The van der Waals surface area contributed by atoms with Crippen LogP contribution in [0.15, 0.2) is 42.5 Å². The molecule has 33 heavy (non-hydrogen) atoms. The Morgan fingerprint density at radius 1 is 1.15 bits per heavy atom. The van der Waals surface area contributed by atoms with E-state index < -0.39 is 28.5 Å². The highest BCUT2D eigenvalue weighted by Crippen LogP contribution is 2.30. The van der Waals surface area contributed by atoms with Crippen molar-refractivity contribution in [1.29, 1.82) is 0 Å². The smallest absolute Gasteiger partial charge is 0.244 e. The number of carbonyl (C=O) groups excluding carboxylic acids is 2. The van der Waals surface area contributed by atoms with Crippen molar-refractivity contribution >= 4 is 50.7 Å². The summed E-state index contributed by atoms with van der Waals surface area (Å²) in [5, 5.41) is 3.37. The molecule has 0 aromatic heterocycles. The average Bonchev–Trinajstić information content (AvgIpc) is 2.74. The molecule has 2 amide bonds. The van der Waals surface area contributed by atoms with Crippen LogP contribution >= 0.6 is 23.2 Å². The third-order valence-electron chi connectivity index (χ3n) is 4.86. The normalized spacial score (nSPS) is 12.1. The van der Waals surface area contributed by atoms with Crippen LogP contribution in [0.4, 0.5) is 5.69 Å². The number of hydrogen-bond donors (Lipinski definition) is 1. The molecule has 11 heteroatoms. The van der Waals surface area contributed by atoms with E-state index in [2.05, 4.69) is 5.32 Å². The number of likely N-dealkylation sites (N-methyl/N-ethyl adjacent to an activating group) is 1. The van der Waals surface area contributed by atoms with Gasteiger partial charge in [0, 0.05) is 18.1 Å². The molecular weight excluding hydrogens is 489 g/mol. The average molecular weight is 516 g/mol. The van der Waals surface area contributed by atoms with Gasteiger partial charge in [-0.25, -0.2) is 8.42 Å². The quantitative estimate of drug-likeness (QED) is 0.523. The molecule has 0 saturated carbocycles. The van der Waals surface area contributed by atoms with Crippen molar-refractivity contribution in [2.75, 3.05) is 30.8 Å². The van der Waals surface area contributed by atoms with Crippen LogP contribution in [-0.2, 0) is 26.2 Å². The van der Waals surface area contributed by atoms with Crippen molar-refractivity contribution in [2.24, 2.45) is 0 Å². The second-order valence-corrected chi connectivity index (χ2v) is 10.1. The van der Waals surface area contributed by atoms with Gasteiger partial charge in [-0.1, -0.05) is 35.3 Å². The number of carbonyl (C=O) groups is 2. The Balaban J connectivity index is 2.41. The lowest BCUT2D eigenvalue weighted by atomic mass is 10.1. The van der Waals surface area contributed by atoms with Crippen molar-refractivity contribution in [3.05, 3.63) is 58.1 Å². The molecule has 0 fully saturated rings. The van der Waals surface area contributed by atoms with Crippen LogP contribution < -0.4 is 14.4 Å². The molecular formula is C22H27Cl2N3O5S. The summed E-state index contributed by atoms with van der Waals surface area (Å²) in [5.74, 6) is -0.551. The number of ether oxygens (including phenoxy) is 1. The molecule has 0 aliphatic rings. The summed E-state index contributed by atoms with van der Waals surface area (Å²) in [6, 6.07) is 10.5. The van der Waals surface area contributed by atoms with Gasteiger partial charge in [-0.3, -0.25) is 13.9 Å². The van der Waals surface area contributed by atoms with Crippen LogP contribution in [0.25, 0.3) is 0 Å². The Bertz CT molecular complexity index is 1110. The van der Waals surface area contributed by atoms with E-state index in [0.29, 0.717) is 22.9 Å². The lowest BCUT2D eigenvalue weighted by Crippen LogP contribution is -2.51. The molecule has 1 atom stereocenters. The van der Waals surface area contributed by atoms with Gasteiger partial charge in [0.15, 0.2) is 0 Å². The maximum Gasteiger partial charge on any atom is 0.244 e. The molecule has 0 radical (unpaired) electrons. The van der Waals surface area contributed by atoms with E-state index in [1.165, 1.54) is 30.2 Å². The Kier molecular flexibility index (Phi) is 9.39. The lowest BCUT2D eigenvalue weighted by molar-refractivity contribution is -0.139. The summed E-state index contributed by atoms with van der Waals surface area (Å²) in [5.41, 5.74) is 0.899. The van der Waals surface area contributed by atoms with Crippen LogP contribution in [0.2, 0.25) is 10.0 Å². The summed E-state index contributed by atoms with van der Waals surface area (Å²) < 4.78 is 31.1. The Morgan fingerprint density at radius 3 is 2.39 bits per heavy atom. The van der Waals surface area contributed by atoms with E-state index >= 15 is 0 Å². The fourth-order valence-corrected chi connectivity index (χ4v) is 4.47. The summed E-state index contributed by atoms with van der Waals surface area (Å²) >= 11 is 12.2. The molecule has 0 saturated heterocycles. The van der Waals surface area contributed by atoms with Gasteiger partial charge < -0.3 is 15.0 Å². The minimum atomic E-state index is -3.85. The molecule has 180 valence electrons. The van der Waals surface area contributed by atoms with E-state index in [0.717, 1.165) is 10.6 Å². The van der Waals surface area contributed by atoms with Crippen LogP contribution in [-0.4, -0.2) is 57.6 Å². The van der Waals surface area contributed by atoms with Gasteiger partial charge in [0.1, 0.15) is 18.3 Å². The molecule has 1 N–H and O–H groups in total. The van der Waals surface area contributed by atoms with Gasteiger partial charge in [-0.15, -0.1) is 0 Å². The molecule has 0 unspecified atom stereocenters. The molecule has 0 bridgehead atoms. The van der Waals surface area contributed by atoms with E-state index in [9.17, 15) is 18.0 Å². The number of sulfonamides is 1. The predicted octanol–water partition coefficient (Wildman–Crippen LogP) is 3.32. The fraction of sp³-hybridized carbons (Fsp3) is 0.364. The number of nitrogens with one attached hydrogen (secondary N) is 1. The van der Waals surface area contributed by atoms with E-state index in [4.69, 9.17) is 27.9 Å². The number of anilines is 1. The van der Waals surface area contributed by atoms with Crippen molar-refractivity contribution in [3.63, 3.8) is 0 Å². The standard InChI is InChI=1S/C22H27Cl2N3O5S/c1-5-25-22(29)15(2)26(13-16-7-6-8-17(23)11-16)21(28)14-27(33(4,30)31)18-9-10-20(32-3)19(24)12-18/h6-12,15H,5,13-14H2,1-4H3,(H,25,29)/t15-/m0/s1. The topological polar surface area (TPSA) is 96.0 Å². The number of hydrogen-bond acceptors (Lipinski definition) is 5. The molecule has 2 rings (SSSR count). The summed E-state index contributed by atoms with van der Waals surface area (Å²) in [6.45, 7) is 3.29. The lowest BCUT2D eigenvalue weighted by Gasteiger charge is -2.31. The van der Waals surface area contributed by atoms with Crippen molar-refractivity contribution in [2.45, 2.75) is 26.4 Å². The second-order valence-electron chi connectivity index (χ2n) is 7.31. The van der Waals surface area contributed by atoms with Crippen molar-refractivity contribution in [3.8, 4) is 5.75 Å². The van der Waals surface area contributed by atoms with E-state index in [-0.39, 0.29) is 23.2 Å². The highest BCUT2D eigenvalue weighted by atomic mass is 35.5. The third kappa shape index (κ3) is 7.25. The van der Waals surface area contributed by atoms with Gasteiger partial charge in [0.05, 0.1) is 24.1 Å². The van der Waals surface area contributed by atoms with Gasteiger partial charge in [0.25, 0.3) is 0 Å². The van der Waals surface area contributed by atoms with Gasteiger partial charge in [-0.05, 0) is 49.7 Å².